The number of rotatable bonds is 4. The molecule has 118 valence electrons. The van der Waals surface area contributed by atoms with Gasteiger partial charge in [-0.15, -0.1) is 0 Å². The average molecular weight is 314 g/mol. The van der Waals surface area contributed by atoms with Crippen LogP contribution in [0.3, 0.4) is 0 Å². The molecule has 5 nitrogen and oxygen atoms in total. The maximum atomic E-state index is 13.5. The average Bonchev–Trinajstić information content (AvgIpc) is 2.96. The van der Waals surface area contributed by atoms with Crippen molar-refractivity contribution in [1.82, 2.24) is 0 Å². The lowest BCUT2D eigenvalue weighted by Gasteiger charge is -2.13. The molecule has 0 spiro atoms. The van der Waals surface area contributed by atoms with E-state index in [0.717, 1.165) is 0 Å². The standard InChI is InChI=1S/C17H15FN2O3/c18-15-4-2-1-3-12(15)11-16(21)19-13-5-7-14(8-6-13)20-9-10-23-17(20)22/h1-8H,9-11H2,(H,19,21). The summed E-state index contributed by atoms with van der Waals surface area (Å²) in [4.78, 5) is 25.0. The van der Waals surface area contributed by atoms with Gasteiger partial charge in [0.1, 0.15) is 12.4 Å². The molecule has 2 aromatic carbocycles. The zero-order valence-electron chi connectivity index (χ0n) is 12.3. The molecule has 3 rings (SSSR count). The SMILES string of the molecule is O=C(Cc1ccccc1F)Nc1ccc(N2CCOC2=O)cc1. The van der Waals surface area contributed by atoms with Crippen molar-refractivity contribution in [3.63, 3.8) is 0 Å². The molecule has 1 aliphatic heterocycles. The Bertz CT molecular complexity index is 731. The summed E-state index contributed by atoms with van der Waals surface area (Å²) in [6, 6.07) is 13.0. The van der Waals surface area contributed by atoms with Crippen LogP contribution >= 0.6 is 0 Å². The molecule has 0 aliphatic carbocycles. The Kier molecular flexibility index (Phi) is 4.23. The van der Waals surface area contributed by atoms with Crippen LogP contribution < -0.4 is 10.2 Å². The fourth-order valence-electron chi connectivity index (χ4n) is 2.37. The van der Waals surface area contributed by atoms with E-state index in [9.17, 15) is 14.0 Å². The number of hydrogen-bond donors (Lipinski definition) is 1. The van der Waals surface area contributed by atoms with Crippen molar-refractivity contribution in [2.75, 3.05) is 23.4 Å². The van der Waals surface area contributed by atoms with Crippen LogP contribution in [-0.2, 0) is 16.0 Å². The fourth-order valence-corrected chi connectivity index (χ4v) is 2.37. The summed E-state index contributed by atoms with van der Waals surface area (Å²) in [6.45, 7) is 0.887. The fraction of sp³-hybridized carbons (Fsp3) is 0.176. The summed E-state index contributed by atoms with van der Waals surface area (Å²) in [5.41, 5.74) is 1.64. The Balaban J connectivity index is 1.63. The van der Waals surface area contributed by atoms with Gasteiger partial charge in [0.2, 0.25) is 5.91 Å². The van der Waals surface area contributed by atoms with Crippen LogP contribution in [0.1, 0.15) is 5.56 Å². The third-order valence-corrected chi connectivity index (χ3v) is 3.53. The lowest BCUT2D eigenvalue weighted by atomic mass is 10.1. The maximum Gasteiger partial charge on any atom is 0.414 e. The van der Waals surface area contributed by atoms with Gasteiger partial charge in [-0.05, 0) is 35.9 Å². The minimum absolute atomic E-state index is 0.0348. The Hall–Kier alpha value is -2.89. The van der Waals surface area contributed by atoms with Gasteiger partial charge in [-0.25, -0.2) is 9.18 Å². The highest BCUT2D eigenvalue weighted by atomic mass is 19.1. The van der Waals surface area contributed by atoms with E-state index < -0.39 is 5.82 Å². The zero-order valence-corrected chi connectivity index (χ0v) is 12.3. The highest BCUT2D eigenvalue weighted by Crippen LogP contribution is 2.21. The second-order valence-corrected chi connectivity index (χ2v) is 5.13. The first kappa shape index (κ1) is 15.0. The number of hydrogen-bond acceptors (Lipinski definition) is 3. The molecule has 1 fully saturated rings. The lowest BCUT2D eigenvalue weighted by Crippen LogP contribution is -2.23. The first-order valence-electron chi connectivity index (χ1n) is 7.21. The van der Waals surface area contributed by atoms with Crippen LogP contribution in [0.15, 0.2) is 48.5 Å². The van der Waals surface area contributed by atoms with Crippen LogP contribution in [0.2, 0.25) is 0 Å². The number of halogens is 1. The summed E-state index contributed by atoms with van der Waals surface area (Å²) in [6.07, 6.45) is -0.409. The molecular weight excluding hydrogens is 299 g/mol. The number of carbonyl (C=O) groups is 2. The number of cyclic esters (lactones) is 1. The van der Waals surface area contributed by atoms with Crippen molar-refractivity contribution in [2.24, 2.45) is 0 Å². The zero-order chi connectivity index (χ0) is 16.2. The summed E-state index contributed by atoms with van der Waals surface area (Å²) in [7, 11) is 0. The smallest absolute Gasteiger partial charge is 0.414 e. The van der Waals surface area contributed by atoms with E-state index in [-0.39, 0.29) is 18.4 Å². The van der Waals surface area contributed by atoms with Crippen molar-refractivity contribution in [2.45, 2.75) is 6.42 Å². The monoisotopic (exact) mass is 314 g/mol. The normalized spacial score (nSPS) is 13.8. The van der Waals surface area contributed by atoms with Gasteiger partial charge in [-0.2, -0.15) is 0 Å². The van der Waals surface area contributed by atoms with Crippen LogP contribution in [0.4, 0.5) is 20.6 Å². The van der Waals surface area contributed by atoms with E-state index in [2.05, 4.69) is 5.32 Å². The predicted octanol–water partition coefficient (Wildman–Crippen LogP) is 2.96. The van der Waals surface area contributed by atoms with Gasteiger partial charge in [0.05, 0.1) is 13.0 Å². The summed E-state index contributed by atoms with van der Waals surface area (Å²) < 4.78 is 18.4. The molecule has 6 heteroatoms. The van der Waals surface area contributed by atoms with E-state index in [1.54, 1.807) is 42.5 Å². The van der Waals surface area contributed by atoms with E-state index in [1.165, 1.54) is 11.0 Å². The highest BCUT2D eigenvalue weighted by molar-refractivity contribution is 5.93. The first-order valence-corrected chi connectivity index (χ1v) is 7.21. The second kappa shape index (κ2) is 6.48. The molecule has 1 heterocycles. The number of nitrogens with zero attached hydrogens (tertiary/aromatic N) is 1. The molecule has 2 aromatic rings. The first-order chi connectivity index (χ1) is 11.1. The van der Waals surface area contributed by atoms with Gasteiger partial charge in [-0.1, -0.05) is 18.2 Å². The molecule has 2 amide bonds. The molecular formula is C17H15FN2O3. The minimum atomic E-state index is -0.398. The summed E-state index contributed by atoms with van der Waals surface area (Å²) in [5, 5.41) is 2.71. The van der Waals surface area contributed by atoms with Crippen molar-refractivity contribution in [3.8, 4) is 0 Å². The Morgan fingerprint density at radius 3 is 2.57 bits per heavy atom. The number of ether oxygens (including phenoxy) is 1. The van der Waals surface area contributed by atoms with Crippen LogP contribution in [0, 0.1) is 5.82 Å². The number of nitrogens with one attached hydrogen (secondary N) is 1. The number of carbonyl (C=O) groups excluding carboxylic acids is 2. The van der Waals surface area contributed by atoms with Gasteiger partial charge in [0, 0.05) is 11.4 Å². The molecule has 0 radical (unpaired) electrons. The molecule has 0 atom stereocenters. The van der Waals surface area contributed by atoms with Crippen LogP contribution in [0.25, 0.3) is 0 Å². The topological polar surface area (TPSA) is 58.6 Å². The molecule has 0 bridgehead atoms. The Labute approximate surface area is 132 Å². The highest BCUT2D eigenvalue weighted by Gasteiger charge is 2.23. The van der Waals surface area contributed by atoms with Crippen molar-refractivity contribution >= 4 is 23.4 Å². The Morgan fingerprint density at radius 2 is 1.91 bits per heavy atom. The summed E-state index contributed by atoms with van der Waals surface area (Å²) >= 11 is 0. The lowest BCUT2D eigenvalue weighted by molar-refractivity contribution is -0.115. The van der Waals surface area contributed by atoms with Gasteiger partial charge in [0.25, 0.3) is 0 Å². The minimum Gasteiger partial charge on any atom is -0.447 e. The molecule has 1 aliphatic rings. The van der Waals surface area contributed by atoms with Crippen LogP contribution in [0.5, 0.6) is 0 Å². The van der Waals surface area contributed by atoms with Crippen molar-refractivity contribution in [1.29, 1.82) is 0 Å². The van der Waals surface area contributed by atoms with Crippen LogP contribution in [-0.4, -0.2) is 25.2 Å². The van der Waals surface area contributed by atoms with Crippen molar-refractivity contribution in [3.05, 3.63) is 59.9 Å². The summed E-state index contributed by atoms with van der Waals surface area (Å²) in [5.74, 6) is -0.700. The molecule has 0 saturated carbocycles. The molecule has 1 saturated heterocycles. The molecule has 23 heavy (non-hydrogen) atoms. The van der Waals surface area contributed by atoms with Gasteiger partial charge in [-0.3, -0.25) is 9.69 Å². The second-order valence-electron chi connectivity index (χ2n) is 5.13. The molecule has 0 unspecified atom stereocenters. The van der Waals surface area contributed by atoms with Crippen molar-refractivity contribution < 1.29 is 18.7 Å². The number of anilines is 2. The van der Waals surface area contributed by atoms with E-state index in [0.29, 0.717) is 30.1 Å². The number of amides is 2. The van der Waals surface area contributed by atoms with Gasteiger partial charge in [0.15, 0.2) is 0 Å². The third kappa shape index (κ3) is 3.48. The maximum absolute atomic E-state index is 13.5. The predicted molar refractivity (Wildman–Crippen MR) is 83.9 cm³/mol. The largest absolute Gasteiger partial charge is 0.447 e. The quantitative estimate of drug-likeness (QED) is 0.944. The van der Waals surface area contributed by atoms with Gasteiger partial charge < -0.3 is 10.1 Å². The van der Waals surface area contributed by atoms with E-state index in [4.69, 9.17) is 4.74 Å². The third-order valence-electron chi connectivity index (χ3n) is 3.53. The van der Waals surface area contributed by atoms with E-state index >= 15 is 0 Å². The molecule has 0 aromatic heterocycles. The van der Waals surface area contributed by atoms with E-state index in [1.807, 2.05) is 0 Å². The molecule has 1 N–H and O–H groups in total. The number of benzene rings is 2. The van der Waals surface area contributed by atoms with Gasteiger partial charge >= 0.3 is 6.09 Å². The Morgan fingerprint density at radius 1 is 1.17 bits per heavy atom.